The first-order chi connectivity index (χ1) is 14.8. The van der Waals surface area contributed by atoms with Crippen LogP contribution in [-0.4, -0.2) is 54.0 Å². The maximum Gasteiger partial charge on any atom is 0.322 e. The average molecular weight is 426 g/mol. The molecule has 0 aliphatic heterocycles. The van der Waals surface area contributed by atoms with Gasteiger partial charge in [-0.25, -0.2) is 0 Å². The van der Waals surface area contributed by atoms with Crippen LogP contribution in [0.15, 0.2) is 60.7 Å². The van der Waals surface area contributed by atoms with Crippen molar-refractivity contribution in [2.75, 3.05) is 13.1 Å². The molecule has 0 fully saturated rings. The Hall–Kier alpha value is -3.72. The molecule has 0 aliphatic rings. The van der Waals surface area contributed by atoms with Crippen LogP contribution in [0.4, 0.5) is 0 Å². The Morgan fingerprint density at radius 3 is 1.84 bits per heavy atom. The first kappa shape index (κ1) is 23.6. The van der Waals surface area contributed by atoms with Gasteiger partial charge in [0.25, 0.3) is 0 Å². The van der Waals surface area contributed by atoms with Crippen molar-refractivity contribution in [2.24, 2.45) is 5.73 Å². The minimum absolute atomic E-state index is 0.166. The number of carboxylic acids is 1. The van der Waals surface area contributed by atoms with Crippen LogP contribution in [0.2, 0.25) is 0 Å². The molecule has 0 unspecified atom stereocenters. The number of carboxylic acid groups (broad SMARTS) is 1. The molecule has 2 aromatic carbocycles. The van der Waals surface area contributed by atoms with Crippen molar-refractivity contribution in [3.05, 3.63) is 71.8 Å². The van der Waals surface area contributed by atoms with Crippen LogP contribution >= 0.6 is 0 Å². The minimum Gasteiger partial charge on any atom is -0.480 e. The van der Waals surface area contributed by atoms with Crippen molar-refractivity contribution in [3.8, 4) is 0 Å². The Morgan fingerprint density at radius 2 is 1.29 bits per heavy atom. The van der Waals surface area contributed by atoms with Crippen molar-refractivity contribution in [1.82, 2.24) is 16.0 Å². The molecule has 2 rings (SSSR count). The topological polar surface area (TPSA) is 151 Å². The van der Waals surface area contributed by atoms with Crippen LogP contribution in [0.3, 0.4) is 0 Å². The third kappa shape index (κ3) is 8.67. The second-order valence-electron chi connectivity index (χ2n) is 6.94. The summed E-state index contributed by atoms with van der Waals surface area (Å²) in [5, 5.41) is 16.0. The third-order valence-electron chi connectivity index (χ3n) is 4.41. The van der Waals surface area contributed by atoms with Gasteiger partial charge in [0.1, 0.15) is 12.6 Å². The maximum absolute atomic E-state index is 12.3. The molecule has 9 heteroatoms. The Bertz CT molecular complexity index is 889. The van der Waals surface area contributed by atoms with Gasteiger partial charge in [0.2, 0.25) is 17.7 Å². The Labute approximate surface area is 180 Å². The molecule has 31 heavy (non-hydrogen) atoms. The smallest absolute Gasteiger partial charge is 0.322 e. The molecule has 2 aromatic rings. The van der Waals surface area contributed by atoms with Crippen molar-refractivity contribution in [2.45, 2.75) is 24.9 Å². The first-order valence-corrected chi connectivity index (χ1v) is 9.75. The zero-order valence-electron chi connectivity index (χ0n) is 16.9. The summed E-state index contributed by atoms with van der Waals surface area (Å²) in [5.74, 6) is -2.91. The highest BCUT2D eigenvalue weighted by molar-refractivity contribution is 5.92. The zero-order valence-corrected chi connectivity index (χ0v) is 16.9. The van der Waals surface area contributed by atoms with E-state index in [2.05, 4.69) is 16.0 Å². The molecule has 0 radical (unpaired) electrons. The number of nitrogens with two attached hydrogens (primary N) is 1. The summed E-state index contributed by atoms with van der Waals surface area (Å²) in [6.07, 6.45) is 0.488. The summed E-state index contributed by atoms with van der Waals surface area (Å²) in [6, 6.07) is 16.4. The summed E-state index contributed by atoms with van der Waals surface area (Å²) < 4.78 is 0. The lowest BCUT2D eigenvalue weighted by Crippen LogP contribution is -2.52. The summed E-state index contributed by atoms with van der Waals surface area (Å²) >= 11 is 0. The molecule has 0 spiro atoms. The fraction of sp³-hybridized carbons (Fsp3) is 0.273. The van der Waals surface area contributed by atoms with Gasteiger partial charge < -0.3 is 26.8 Å². The van der Waals surface area contributed by atoms with Crippen LogP contribution in [0.25, 0.3) is 0 Å². The van der Waals surface area contributed by atoms with Gasteiger partial charge in [0.15, 0.2) is 0 Å². The minimum atomic E-state index is -1.20. The molecule has 0 bridgehead atoms. The Kier molecular flexibility index (Phi) is 9.18. The van der Waals surface area contributed by atoms with E-state index in [-0.39, 0.29) is 13.0 Å². The number of hydrogen-bond acceptors (Lipinski definition) is 5. The molecule has 0 heterocycles. The molecule has 0 saturated heterocycles. The molecule has 164 valence electrons. The van der Waals surface area contributed by atoms with Gasteiger partial charge >= 0.3 is 5.97 Å². The van der Waals surface area contributed by atoms with E-state index in [1.807, 2.05) is 36.4 Å². The fourth-order valence-corrected chi connectivity index (χ4v) is 2.85. The molecule has 0 aliphatic carbocycles. The highest BCUT2D eigenvalue weighted by Crippen LogP contribution is 2.04. The van der Waals surface area contributed by atoms with Crippen molar-refractivity contribution in [1.29, 1.82) is 0 Å². The molecule has 0 saturated carbocycles. The van der Waals surface area contributed by atoms with Gasteiger partial charge in [0, 0.05) is 6.42 Å². The van der Waals surface area contributed by atoms with Gasteiger partial charge in [-0.1, -0.05) is 60.7 Å². The van der Waals surface area contributed by atoms with Crippen molar-refractivity contribution in [3.63, 3.8) is 0 Å². The van der Waals surface area contributed by atoms with Crippen LogP contribution in [-0.2, 0) is 32.0 Å². The Morgan fingerprint density at radius 1 is 0.774 bits per heavy atom. The zero-order chi connectivity index (χ0) is 22.6. The number of benzene rings is 2. The SMILES string of the molecule is N[C@@H](Cc1ccccc1)C(=O)NCC(=O)N[C@@H](Cc1ccccc1)C(=O)NCC(=O)O. The normalized spacial score (nSPS) is 12.3. The number of carbonyl (C=O) groups excluding carboxylic acids is 3. The van der Waals surface area contributed by atoms with Crippen LogP contribution < -0.4 is 21.7 Å². The van der Waals surface area contributed by atoms with Crippen LogP contribution in [0, 0.1) is 0 Å². The van der Waals surface area contributed by atoms with Gasteiger partial charge in [-0.15, -0.1) is 0 Å². The van der Waals surface area contributed by atoms with Crippen LogP contribution in [0.5, 0.6) is 0 Å². The van der Waals surface area contributed by atoms with Gasteiger partial charge in [-0.2, -0.15) is 0 Å². The molecule has 3 amide bonds. The van der Waals surface area contributed by atoms with Crippen molar-refractivity contribution < 1.29 is 24.3 Å². The largest absolute Gasteiger partial charge is 0.480 e. The number of rotatable bonds is 11. The van der Waals surface area contributed by atoms with E-state index in [0.717, 1.165) is 11.1 Å². The van der Waals surface area contributed by atoms with E-state index in [0.29, 0.717) is 6.42 Å². The van der Waals surface area contributed by atoms with Gasteiger partial charge in [-0.05, 0) is 17.5 Å². The third-order valence-corrected chi connectivity index (χ3v) is 4.41. The maximum atomic E-state index is 12.3. The van der Waals surface area contributed by atoms with Gasteiger partial charge in [-0.3, -0.25) is 19.2 Å². The fourth-order valence-electron chi connectivity index (χ4n) is 2.85. The highest BCUT2D eigenvalue weighted by atomic mass is 16.4. The highest BCUT2D eigenvalue weighted by Gasteiger charge is 2.22. The summed E-state index contributed by atoms with van der Waals surface area (Å²) in [5.41, 5.74) is 7.57. The summed E-state index contributed by atoms with van der Waals surface area (Å²) in [7, 11) is 0. The average Bonchev–Trinajstić information content (AvgIpc) is 2.76. The lowest BCUT2D eigenvalue weighted by atomic mass is 10.1. The number of nitrogens with one attached hydrogen (secondary N) is 3. The quantitative estimate of drug-likeness (QED) is 0.330. The molecule has 9 nitrogen and oxygen atoms in total. The molecule has 0 aromatic heterocycles. The summed E-state index contributed by atoms with van der Waals surface area (Å²) in [4.78, 5) is 47.5. The predicted molar refractivity (Wildman–Crippen MR) is 114 cm³/mol. The number of amides is 3. The van der Waals surface area contributed by atoms with Gasteiger partial charge in [0.05, 0.1) is 12.6 Å². The first-order valence-electron chi connectivity index (χ1n) is 9.75. The van der Waals surface area contributed by atoms with E-state index in [4.69, 9.17) is 10.8 Å². The van der Waals surface area contributed by atoms with E-state index in [9.17, 15) is 19.2 Å². The lowest BCUT2D eigenvalue weighted by Gasteiger charge is -2.19. The molecular formula is C22H26N4O5. The number of carbonyl (C=O) groups is 4. The second-order valence-corrected chi connectivity index (χ2v) is 6.94. The molecule has 2 atom stereocenters. The second kappa shape index (κ2) is 12.1. The predicted octanol–water partition coefficient (Wildman–Crippen LogP) is -0.399. The standard InChI is InChI=1S/C22H26N4O5/c23-17(11-15-7-3-1-4-8-15)21(30)24-13-19(27)26-18(22(31)25-14-20(28)29)12-16-9-5-2-6-10-16/h1-10,17-18H,11-14,23H2,(H,24,30)(H,25,31)(H,26,27)(H,28,29)/t17-,18-/m0/s1. The molecular weight excluding hydrogens is 400 g/mol. The number of aliphatic carboxylic acids is 1. The summed E-state index contributed by atoms with van der Waals surface area (Å²) in [6.45, 7) is -0.927. The lowest BCUT2D eigenvalue weighted by molar-refractivity contribution is -0.138. The van der Waals surface area contributed by atoms with E-state index < -0.39 is 42.3 Å². The van der Waals surface area contributed by atoms with E-state index in [1.54, 1.807) is 24.3 Å². The number of hydrogen-bond donors (Lipinski definition) is 5. The monoisotopic (exact) mass is 426 g/mol. The van der Waals surface area contributed by atoms with E-state index >= 15 is 0 Å². The van der Waals surface area contributed by atoms with Crippen LogP contribution in [0.1, 0.15) is 11.1 Å². The van der Waals surface area contributed by atoms with Crippen molar-refractivity contribution >= 4 is 23.7 Å². The molecule has 6 N–H and O–H groups in total. The Balaban J connectivity index is 1.90. The van der Waals surface area contributed by atoms with E-state index in [1.165, 1.54) is 0 Å².